The first kappa shape index (κ1) is 20.3. The number of fused-ring (bicyclic) bond motifs is 1. The van der Waals surface area contributed by atoms with E-state index in [1.165, 1.54) is 5.56 Å². The molecular weight excluding hydrogens is 328 g/mol. The van der Waals surface area contributed by atoms with Crippen molar-refractivity contribution >= 4 is 12.0 Å². The lowest BCUT2D eigenvalue weighted by Gasteiger charge is -2.34. The Morgan fingerprint density at radius 1 is 1.15 bits per heavy atom. The Balaban J connectivity index is 2.03. The summed E-state index contributed by atoms with van der Waals surface area (Å²) in [5.41, 5.74) is 1.39. The molecule has 1 unspecified atom stereocenters. The van der Waals surface area contributed by atoms with Crippen LogP contribution in [0.1, 0.15) is 70.9 Å². The summed E-state index contributed by atoms with van der Waals surface area (Å²) in [4.78, 5) is 25.0. The fourth-order valence-corrected chi connectivity index (χ4v) is 3.45. The lowest BCUT2D eigenvalue weighted by Crippen LogP contribution is -2.56. The van der Waals surface area contributed by atoms with Gasteiger partial charge in [-0.2, -0.15) is 0 Å². The van der Waals surface area contributed by atoms with E-state index < -0.39 is 17.2 Å². The van der Waals surface area contributed by atoms with E-state index in [1.54, 1.807) is 0 Å². The molecule has 1 aliphatic carbocycles. The van der Waals surface area contributed by atoms with Gasteiger partial charge in [0, 0.05) is 6.54 Å². The van der Waals surface area contributed by atoms with Gasteiger partial charge in [0.15, 0.2) is 0 Å². The zero-order valence-corrected chi connectivity index (χ0v) is 16.6. The van der Waals surface area contributed by atoms with Crippen molar-refractivity contribution in [1.82, 2.24) is 10.6 Å². The Kier molecular flexibility index (Phi) is 6.32. The van der Waals surface area contributed by atoms with Crippen molar-refractivity contribution in [3.8, 4) is 0 Å². The molecule has 0 spiro atoms. The van der Waals surface area contributed by atoms with Gasteiger partial charge >= 0.3 is 6.09 Å². The average Bonchev–Trinajstić information content (AvgIpc) is 3.01. The number of ether oxygens (including phenoxy) is 1. The first-order valence-electron chi connectivity index (χ1n) is 9.56. The van der Waals surface area contributed by atoms with Crippen LogP contribution in [-0.4, -0.2) is 29.7 Å². The smallest absolute Gasteiger partial charge is 0.407 e. The van der Waals surface area contributed by atoms with Gasteiger partial charge in [0.2, 0.25) is 5.91 Å². The Morgan fingerprint density at radius 2 is 1.81 bits per heavy atom. The van der Waals surface area contributed by atoms with E-state index in [4.69, 9.17) is 4.74 Å². The molecule has 0 aliphatic heterocycles. The van der Waals surface area contributed by atoms with Gasteiger partial charge in [-0.05, 0) is 57.6 Å². The highest BCUT2D eigenvalue weighted by Crippen LogP contribution is 2.33. The molecule has 2 amide bonds. The summed E-state index contributed by atoms with van der Waals surface area (Å²) in [7, 11) is 0. The molecule has 1 aromatic rings. The standard InChI is InChI=1S/C21H32N2O3/c1-6-21(7-2,14-22-19(25)26-20(3,4)5)23-18(24)17-13-12-15-10-8-9-11-16(15)17/h8-11,17H,6-7,12-14H2,1-5H3,(H,22,25)(H,23,24). The zero-order valence-electron chi connectivity index (χ0n) is 16.6. The molecule has 2 N–H and O–H groups in total. The molecule has 0 saturated carbocycles. The Hall–Kier alpha value is -2.04. The molecule has 0 radical (unpaired) electrons. The molecule has 0 saturated heterocycles. The monoisotopic (exact) mass is 360 g/mol. The van der Waals surface area contributed by atoms with Crippen LogP contribution in [0.15, 0.2) is 24.3 Å². The lowest BCUT2D eigenvalue weighted by atomic mass is 9.90. The van der Waals surface area contributed by atoms with Crippen LogP contribution in [0.4, 0.5) is 4.79 Å². The molecule has 144 valence electrons. The van der Waals surface area contributed by atoms with Crippen LogP contribution in [0, 0.1) is 0 Å². The molecule has 5 heteroatoms. The maximum Gasteiger partial charge on any atom is 0.407 e. The van der Waals surface area contributed by atoms with E-state index >= 15 is 0 Å². The molecule has 26 heavy (non-hydrogen) atoms. The van der Waals surface area contributed by atoms with E-state index in [2.05, 4.69) is 16.7 Å². The van der Waals surface area contributed by atoms with Crippen LogP contribution in [0.5, 0.6) is 0 Å². The van der Waals surface area contributed by atoms with Crippen molar-refractivity contribution in [2.75, 3.05) is 6.54 Å². The van der Waals surface area contributed by atoms with E-state index in [9.17, 15) is 9.59 Å². The minimum absolute atomic E-state index is 0.0460. The number of aryl methyl sites for hydroxylation is 1. The lowest BCUT2D eigenvalue weighted by molar-refractivity contribution is -0.124. The highest BCUT2D eigenvalue weighted by Gasteiger charge is 2.35. The largest absolute Gasteiger partial charge is 0.444 e. The fourth-order valence-electron chi connectivity index (χ4n) is 3.45. The van der Waals surface area contributed by atoms with Gasteiger partial charge in [-0.25, -0.2) is 4.79 Å². The van der Waals surface area contributed by atoms with Crippen molar-refractivity contribution in [2.24, 2.45) is 0 Å². The SMILES string of the molecule is CCC(CC)(CNC(=O)OC(C)(C)C)NC(=O)C1CCc2ccccc21. The van der Waals surface area contributed by atoms with Crippen molar-refractivity contribution in [2.45, 2.75) is 77.4 Å². The maximum atomic E-state index is 13.0. The Labute approximate surface area is 156 Å². The molecule has 0 aromatic heterocycles. The number of alkyl carbamates (subject to hydrolysis) is 1. The van der Waals surface area contributed by atoms with Gasteiger partial charge < -0.3 is 15.4 Å². The summed E-state index contributed by atoms with van der Waals surface area (Å²) in [5, 5.41) is 6.04. The van der Waals surface area contributed by atoms with Gasteiger partial charge in [0.1, 0.15) is 5.60 Å². The summed E-state index contributed by atoms with van der Waals surface area (Å²) in [5.74, 6) is -0.0603. The number of hydrogen-bond donors (Lipinski definition) is 2. The highest BCUT2D eigenvalue weighted by molar-refractivity contribution is 5.85. The molecule has 1 aliphatic rings. The van der Waals surface area contributed by atoms with Crippen LogP contribution >= 0.6 is 0 Å². The van der Waals surface area contributed by atoms with Crippen molar-refractivity contribution in [3.05, 3.63) is 35.4 Å². The number of nitrogens with one attached hydrogen (secondary N) is 2. The number of hydrogen-bond acceptors (Lipinski definition) is 3. The Morgan fingerprint density at radius 3 is 2.42 bits per heavy atom. The van der Waals surface area contributed by atoms with Crippen LogP contribution in [-0.2, 0) is 16.0 Å². The second-order valence-electron chi connectivity index (χ2n) is 8.12. The number of amides is 2. The summed E-state index contributed by atoms with van der Waals surface area (Å²) < 4.78 is 5.31. The van der Waals surface area contributed by atoms with E-state index in [0.717, 1.165) is 31.2 Å². The van der Waals surface area contributed by atoms with E-state index in [0.29, 0.717) is 6.54 Å². The predicted molar refractivity (Wildman–Crippen MR) is 103 cm³/mol. The average molecular weight is 360 g/mol. The normalized spacial score (nSPS) is 16.7. The van der Waals surface area contributed by atoms with E-state index in [1.807, 2.05) is 52.8 Å². The Bertz CT molecular complexity index is 645. The molecule has 0 bridgehead atoms. The highest BCUT2D eigenvalue weighted by atomic mass is 16.6. The number of carbonyl (C=O) groups excluding carboxylic acids is 2. The summed E-state index contributed by atoms with van der Waals surface area (Å²) >= 11 is 0. The van der Waals surface area contributed by atoms with Crippen LogP contribution in [0.25, 0.3) is 0 Å². The first-order valence-corrected chi connectivity index (χ1v) is 9.56. The van der Waals surface area contributed by atoms with Gasteiger partial charge in [0.25, 0.3) is 0 Å². The number of benzene rings is 1. The predicted octanol–water partition coefficient (Wildman–Crippen LogP) is 3.92. The van der Waals surface area contributed by atoms with Crippen LogP contribution in [0.2, 0.25) is 0 Å². The maximum absolute atomic E-state index is 13.0. The number of rotatable bonds is 6. The quantitative estimate of drug-likeness (QED) is 0.808. The van der Waals surface area contributed by atoms with Crippen molar-refractivity contribution in [1.29, 1.82) is 0 Å². The topological polar surface area (TPSA) is 67.4 Å². The van der Waals surface area contributed by atoms with Crippen LogP contribution in [0.3, 0.4) is 0 Å². The van der Waals surface area contributed by atoms with Crippen molar-refractivity contribution in [3.63, 3.8) is 0 Å². The molecule has 0 heterocycles. The minimum Gasteiger partial charge on any atom is -0.444 e. The molecular formula is C21H32N2O3. The molecule has 2 rings (SSSR count). The van der Waals surface area contributed by atoms with Gasteiger partial charge in [-0.1, -0.05) is 38.1 Å². The van der Waals surface area contributed by atoms with Gasteiger partial charge in [0.05, 0.1) is 11.5 Å². The van der Waals surface area contributed by atoms with Crippen molar-refractivity contribution < 1.29 is 14.3 Å². The second-order valence-corrected chi connectivity index (χ2v) is 8.12. The zero-order chi connectivity index (χ0) is 19.4. The first-order chi connectivity index (χ1) is 12.2. The third-order valence-electron chi connectivity index (χ3n) is 5.16. The summed E-state index contributed by atoms with van der Waals surface area (Å²) in [6, 6.07) is 8.15. The molecule has 1 aromatic carbocycles. The van der Waals surface area contributed by atoms with Gasteiger partial charge in [-0.15, -0.1) is 0 Å². The molecule has 1 atom stereocenters. The second kappa shape index (κ2) is 8.11. The number of carbonyl (C=O) groups is 2. The fraction of sp³-hybridized carbons (Fsp3) is 0.619. The summed E-state index contributed by atoms with van der Waals surface area (Å²) in [6.07, 6.45) is 2.80. The van der Waals surface area contributed by atoms with Gasteiger partial charge in [-0.3, -0.25) is 4.79 Å². The van der Waals surface area contributed by atoms with E-state index in [-0.39, 0.29) is 11.8 Å². The van der Waals surface area contributed by atoms with Crippen LogP contribution < -0.4 is 10.6 Å². The summed E-state index contributed by atoms with van der Waals surface area (Å²) in [6.45, 7) is 9.91. The molecule has 0 fully saturated rings. The third kappa shape index (κ3) is 4.99. The molecule has 5 nitrogen and oxygen atoms in total. The third-order valence-corrected chi connectivity index (χ3v) is 5.16. The minimum atomic E-state index is -0.540.